The molecule has 134 valence electrons. The lowest BCUT2D eigenvalue weighted by molar-refractivity contribution is 0.0954. The van der Waals surface area contributed by atoms with Gasteiger partial charge in [0.05, 0.1) is 11.9 Å². The van der Waals surface area contributed by atoms with Crippen LogP contribution in [0.25, 0.3) is 16.9 Å². The molecule has 0 saturated heterocycles. The molecule has 0 aliphatic rings. The van der Waals surface area contributed by atoms with E-state index in [2.05, 4.69) is 27.5 Å². The summed E-state index contributed by atoms with van der Waals surface area (Å²) in [5, 5.41) is 7.36. The van der Waals surface area contributed by atoms with Crippen molar-refractivity contribution >= 4 is 11.6 Å². The van der Waals surface area contributed by atoms with Gasteiger partial charge in [-0.1, -0.05) is 60.7 Å². The first kappa shape index (κ1) is 17.0. The Balaban J connectivity index is 1.46. The number of hydrogen-bond donors (Lipinski definition) is 1. The second-order valence-corrected chi connectivity index (χ2v) is 6.33. The molecule has 0 aliphatic heterocycles. The maximum atomic E-state index is 12.6. The Labute approximate surface area is 157 Å². The van der Waals surface area contributed by atoms with Crippen LogP contribution in [-0.2, 0) is 6.42 Å². The molecule has 2 aromatic heterocycles. The Morgan fingerprint density at radius 3 is 2.48 bits per heavy atom. The smallest absolute Gasteiger partial charge is 0.256 e. The fraction of sp³-hybridized carbons (Fsp3) is 0.136. The Morgan fingerprint density at radius 1 is 0.963 bits per heavy atom. The Bertz CT molecular complexity index is 1040. The highest BCUT2D eigenvalue weighted by molar-refractivity contribution is 5.99. The first-order valence-corrected chi connectivity index (χ1v) is 9.03. The monoisotopic (exact) mass is 356 g/mol. The van der Waals surface area contributed by atoms with Crippen LogP contribution in [0.5, 0.6) is 0 Å². The molecule has 0 spiro atoms. The largest absolute Gasteiger partial charge is 0.352 e. The third-order valence-electron chi connectivity index (χ3n) is 4.49. The summed E-state index contributed by atoms with van der Waals surface area (Å²) in [5.74, 6) is -0.143. The van der Waals surface area contributed by atoms with Gasteiger partial charge in [-0.3, -0.25) is 4.79 Å². The lowest BCUT2D eigenvalue weighted by Gasteiger charge is -2.06. The van der Waals surface area contributed by atoms with Crippen molar-refractivity contribution in [3.8, 4) is 11.3 Å². The van der Waals surface area contributed by atoms with Gasteiger partial charge in [0.1, 0.15) is 5.56 Å². The van der Waals surface area contributed by atoms with Gasteiger partial charge in [-0.2, -0.15) is 5.10 Å². The molecule has 0 bridgehead atoms. The van der Waals surface area contributed by atoms with Crippen LogP contribution in [0.4, 0.5) is 0 Å². The van der Waals surface area contributed by atoms with E-state index in [1.807, 2.05) is 54.6 Å². The van der Waals surface area contributed by atoms with Crippen LogP contribution in [0.1, 0.15) is 22.3 Å². The second kappa shape index (κ2) is 7.83. The van der Waals surface area contributed by atoms with E-state index in [-0.39, 0.29) is 5.91 Å². The van der Waals surface area contributed by atoms with Crippen molar-refractivity contribution in [1.82, 2.24) is 19.9 Å². The molecule has 0 unspecified atom stereocenters. The van der Waals surface area contributed by atoms with Gasteiger partial charge in [0.2, 0.25) is 0 Å². The first-order chi connectivity index (χ1) is 13.3. The van der Waals surface area contributed by atoms with E-state index in [0.29, 0.717) is 17.8 Å². The number of benzene rings is 2. The molecule has 0 radical (unpaired) electrons. The van der Waals surface area contributed by atoms with E-state index < -0.39 is 0 Å². The van der Waals surface area contributed by atoms with Crippen LogP contribution in [0.15, 0.2) is 79.1 Å². The third kappa shape index (κ3) is 3.72. The molecule has 2 heterocycles. The Kier molecular flexibility index (Phi) is 4.92. The highest BCUT2D eigenvalue weighted by Gasteiger charge is 2.15. The SMILES string of the molecule is O=C(NCCCc1ccccc1)c1cnn2c(-c3ccccc3)ccnc12. The topological polar surface area (TPSA) is 59.3 Å². The fourth-order valence-corrected chi connectivity index (χ4v) is 3.11. The average molecular weight is 356 g/mol. The maximum absolute atomic E-state index is 12.6. The number of carbonyl (C=O) groups excluding carboxylic acids is 1. The molecule has 0 atom stereocenters. The summed E-state index contributed by atoms with van der Waals surface area (Å²) in [6, 6.07) is 22.1. The minimum atomic E-state index is -0.143. The predicted molar refractivity (Wildman–Crippen MR) is 106 cm³/mol. The molecule has 5 heteroatoms. The lowest BCUT2D eigenvalue weighted by atomic mass is 10.1. The van der Waals surface area contributed by atoms with E-state index in [1.165, 1.54) is 5.56 Å². The van der Waals surface area contributed by atoms with Crippen LogP contribution in [0.2, 0.25) is 0 Å². The number of nitrogens with zero attached hydrogens (tertiary/aromatic N) is 3. The summed E-state index contributed by atoms with van der Waals surface area (Å²) in [6.07, 6.45) is 5.12. The number of hydrogen-bond acceptors (Lipinski definition) is 3. The normalized spacial score (nSPS) is 10.8. The van der Waals surface area contributed by atoms with Crippen molar-refractivity contribution in [1.29, 1.82) is 0 Å². The number of aryl methyl sites for hydroxylation is 1. The summed E-state index contributed by atoms with van der Waals surface area (Å²) in [7, 11) is 0. The van der Waals surface area contributed by atoms with Crippen LogP contribution < -0.4 is 5.32 Å². The molecule has 4 rings (SSSR count). The van der Waals surface area contributed by atoms with Crippen LogP contribution in [-0.4, -0.2) is 27.0 Å². The molecule has 0 saturated carbocycles. The van der Waals surface area contributed by atoms with E-state index in [9.17, 15) is 4.79 Å². The number of amides is 1. The molecular formula is C22H20N4O. The van der Waals surface area contributed by atoms with Gasteiger partial charge in [-0.15, -0.1) is 0 Å². The minimum Gasteiger partial charge on any atom is -0.352 e. The molecule has 5 nitrogen and oxygen atoms in total. The van der Waals surface area contributed by atoms with Crippen LogP contribution >= 0.6 is 0 Å². The van der Waals surface area contributed by atoms with Crippen molar-refractivity contribution in [2.24, 2.45) is 0 Å². The van der Waals surface area contributed by atoms with Crippen molar-refractivity contribution < 1.29 is 4.79 Å². The molecular weight excluding hydrogens is 336 g/mol. The average Bonchev–Trinajstić information content (AvgIpc) is 3.17. The summed E-state index contributed by atoms with van der Waals surface area (Å²) in [4.78, 5) is 16.9. The maximum Gasteiger partial charge on any atom is 0.256 e. The number of carbonyl (C=O) groups is 1. The zero-order valence-electron chi connectivity index (χ0n) is 14.9. The highest BCUT2D eigenvalue weighted by atomic mass is 16.1. The number of fused-ring (bicyclic) bond motifs is 1. The fourth-order valence-electron chi connectivity index (χ4n) is 3.11. The van der Waals surface area contributed by atoms with E-state index in [0.717, 1.165) is 24.1 Å². The number of aromatic nitrogens is 3. The van der Waals surface area contributed by atoms with Gasteiger partial charge in [-0.05, 0) is 24.5 Å². The van der Waals surface area contributed by atoms with Gasteiger partial charge in [0.15, 0.2) is 5.65 Å². The molecule has 1 N–H and O–H groups in total. The molecule has 0 aliphatic carbocycles. The van der Waals surface area contributed by atoms with Gasteiger partial charge < -0.3 is 5.32 Å². The standard InChI is InChI=1S/C22H20N4O/c27-22(24-14-7-10-17-8-3-1-4-9-17)19-16-25-26-20(13-15-23-21(19)26)18-11-5-2-6-12-18/h1-6,8-9,11-13,15-16H,7,10,14H2,(H,24,27). The van der Waals surface area contributed by atoms with Gasteiger partial charge in [-0.25, -0.2) is 9.50 Å². The van der Waals surface area contributed by atoms with Crippen LogP contribution in [0.3, 0.4) is 0 Å². The van der Waals surface area contributed by atoms with Crippen molar-refractivity contribution in [3.05, 3.63) is 90.3 Å². The highest BCUT2D eigenvalue weighted by Crippen LogP contribution is 2.20. The third-order valence-corrected chi connectivity index (χ3v) is 4.49. The van der Waals surface area contributed by atoms with E-state index in [1.54, 1.807) is 16.9 Å². The zero-order valence-corrected chi connectivity index (χ0v) is 14.9. The quantitative estimate of drug-likeness (QED) is 0.535. The Hall–Kier alpha value is -3.47. The summed E-state index contributed by atoms with van der Waals surface area (Å²) >= 11 is 0. The van der Waals surface area contributed by atoms with Crippen molar-refractivity contribution in [2.75, 3.05) is 6.54 Å². The molecule has 27 heavy (non-hydrogen) atoms. The predicted octanol–water partition coefficient (Wildman–Crippen LogP) is 3.76. The molecule has 4 aromatic rings. The summed E-state index contributed by atoms with van der Waals surface area (Å²) < 4.78 is 1.72. The minimum absolute atomic E-state index is 0.143. The lowest BCUT2D eigenvalue weighted by Crippen LogP contribution is -2.24. The van der Waals surface area contributed by atoms with Crippen molar-refractivity contribution in [2.45, 2.75) is 12.8 Å². The summed E-state index contributed by atoms with van der Waals surface area (Å²) in [5.41, 5.74) is 4.27. The summed E-state index contributed by atoms with van der Waals surface area (Å²) in [6.45, 7) is 0.615. The van der Waals surface area contributed by atoms with Crippen LogP contribution in [0, 0.1) is 0 Å². The van der Waals surface area contributed by atoms with Gasteiger partial charge in [0.25, 0.3) is 5.91 Å². The Morgan fingerprint density at radius 2 is 1.70 bits per heavy atom. The first-order valence-electron chi connectivity index (χ1n) is 9.03. The molecule has 2 aromatic carbocycles. The van der Waals surface area contributed by atoms with Gasteiger partial charge >= 0.3 is 0 Å². The zero-order chi connectivity index (χ0) is 18.5. The van der Waals surface area contributed by atoms with E-state index in [4.69, 9.17) is 0 Å². The molecule has 1 amide bonds. The van der Waals surface area contributed by atoms with E-state index >= 15 is 0 Å². The molecule has 0 fully saturated rings. The van der Waals surface area contributed by atoms with Gasteiger partial charge in [0, 0.05) is 18.3 Å². The second-order valence-electron chi connectivity index (χ2n) is 6.33. The van der Waals surface area contributed by atoms with Crippen molar-refractivity contribution in [3.63, 3.8) is 0 Å². The number of rotatable bonds is 6. The number of nitrogens with one attached hydrogen (secondary N) is 1.